The molecule has 2 aromatic carbocycles. The van der Waals surface area contributed by atoms with E-state index in [1.54, 1.807) is 12.1 Å². The molecule has 1 unspecified atom stereocenters. The Hall–Kier alpha value is -2.47. The Kier molecular flexibility index (Phi) is 6.06. The molecule has 1 atom stereocenters. The lowest BCUT2D eigenvalue weighted by atomic mass is 9.97. The van der Waals surface area contributed by atoms with Crippen molar-refractivity contribution in [1.29, 1.82) is 0 Å². The molecule has 140 valence electrons. The van der Waals surface area contributed by atoms with Crippen LogP contribution in [0.2, 0.25) is 0 Å². The maximum absolute atomic E-state index is 12.7. The second kappa shape index (κ2) is 8.48. The highest BCUT2D eigenvalue weighted by Crippen LogP contribution is 2.21. The molecule has 0 saturated heterocycles. The molecule has 0 fully saturated rings. The number of nitrogens with zero attached hydrogens (tertiary/aromatic N) is 2. The highest BCUT2D eigenvalue weighted by molar-refractivity contribution is 9.10. The van der Waals surface area contributed by atoms with E-state index in [0.717, 1.165) is 16.5 Å². The van der Waals surface area contributed by atoms with Gasteiger partial charge in [-0.3, -0.25) is 14.2 Å². The molecule has 3 aromatic rings. The van der Waals surface area contributed by atoms with Crippen LogP contribution in [0.25, 0.3) is 10.9 Å². The fraction of sp³-hybridized carbons (Fsp3) is 0.286. The number of halogens is 1. The Morgan fingerprint density at radius 1 is 1.19 bits per heavy atom. The average molecular weight is 428 g/mol. The molecule has 1 aromatic heterocycles. The summed E-state index contributed by atoms with van der Waals surface area (Å²) in [5, 5.41) is 3.55. The zero-order valence-electron chi connectivity index (χ0n) is 15.4. The van der Waals surface area contributed by atoms with Crippen LogP contribution in [-0.4, -0.2) is 15.5 Å². The summed E-state index contributed by atoms with van der Waals surface area (Å²) < 4.78 is 2.15. The van der Waals surface area contributed by atoms with E-state index in [-0.39, 0.29) is 24.1 Å². The van der Waals surface area contributed by atoms with E-state index in [1.807, 2.05) is 36.4 Å². The molecule has 0 aliphatic heterocycles. The van der Waals surface area contributed by atoms with Gasteiger partial charge in [-0.1, -0.05) is 60.1 Å². The molecule has 1 amide bonds. The van der Waals surface area contributed by atoms with E-state index in [0.29, 0.717) is 16.8 Å². The quantitative estimate of drug-likeness (QED) is 0.644. The van der Waals surface area contributed by atoms with Crippen LogP contribution >= 0.6 is 15.9 Å². The van der Waals surface area contributed by atoms with Crippen LogP contribution in [0.3, 0.4) is 0 Å². The zero-order chi connectivity index (χ0) is 19.4. The highest BCUT2D eigenvalue weighted by Gasteiger charge is 2.17. The molecule has 0 aliphatic carbocycles. The summed E-state index contributed by atoms with van der Waals surface area (Å²) in [6, 6.07) is 15.2. The Morgan fingerprint density at radius 2 is 1.93 bits per heavy atom. The number of carbonyl (C=O) groups excluding carboxylic acids is 1. The Morgan fingerprint density at radius 3 is 2.63 bits per heavy atom. The summed E-state index contributed by atoms with van der Waals surface area (Å²) in [6.45, 7) is 4.19. The Balaban J connectivity index is 1.81. The largest absolute Gasteiger partial charge is 0.348 e. The number of carbonyl (C=O) groups is 1. The van der Waals surface area contributed by atoms with Gasteiger partial charge in [0.25, 0.3) is 5.56 Å². The predicted molar refractivity (Wildman–Crippen MR) is 110 cm³/mol. The van der Waals surface area contributed by atoms with Crippen molar-refractivity contribution < 1.29 is 4.79 Å². The van der Waals surface area contributed by atoms with Gasteiger partial charge >= 0.3 is 0 Å². The fourth-order valence-electron chi connectivity index (χ4n) is 3.07. The third-order valence-corrected chi connectivity index (χ3v) is 4.84. The topological polar surface area (TPSA) is 64.0 Å². The summed E-state index contributed by atoms with van der Waals surface area (Å²) in [4.78, 5) is 29.6. The SMILES string of the molecule is CC(C)CC(NC(=O)Cn1cnc2ccc(Br)cc2c1=O)c1ccccc1. The molecule has 0 radical (unpaired) electrons. The van der Waals surface area contributed by atoms with Gasteiger partial charge in [0.1, 0.15) is 6.54 Å². The van der Waals surface area contributed by atoms with E-state index in [1.165, 1.54) is 10.9 Å². The highest BCUT2D eigenvalue weighted by atomic mass is 79.9. The van der Waals surface area contributed by atoms with Crippen molar-refractivity contribution in [3.8, 4) is 0 Å². The minimum absolute atomic E-state index is 0.0598. The van der Waals surface area contributed by atoms with Crippen LogP contribution in [0.4, 0.5) is 0 Å². The van der Waals surface area contributed by atoms with Gasteiger partial charge in [-0.25, -0.2) is 4.98 Å². The number of rotatable bonds is 6. The smallest absolute Gasteiger partial charge is 0.261 e. The third kappa shape index (κ3) is 4.83. The number of nitrogens with one attached hydrogen (secondary N) is 1. The van der Waals surface area contributed by atoms with E-state index in [9.17, 15) is 9.59 Å². The minimum Gasteiger partial charge on any atom is -0.348 e. The number of amides is 1. The van der Waals surface area contributed by atoms with Gasteiger partial charge in [0, 0.05) is 4.47 Å². The maximum Gasteiger partial charge on any atom is 0.261 e. The second-order valence-corrected chi connectivity index (χ2v) is 7.92. The standard InChI is InChI=1S/C21H22BrN3O2/c1-14(2)10-19(15-6-4-3-5-7-15)24-20(26)12-25-13-23-18-9-8-16(22)11-17(18)21(25)27/h3-9,11,13-14,19H,10,12H2,1-2H3,(H,24,26). The molecule has 6 heteroatoms. The number of hydrogen-bond acceptors (Lipinski definition) is 3. The van der Waals surface area contributed by atoms with Gasteiger partial charge in [-0.2, -0.15) is 0 Å². The van der Waals surface area contributed by atoms with Gasteiger partial charge in [0.05, 0.1) is 23.3 Å². The first-order valence-corrected chi connectivity index (χ1v) is 9.72. The first-order valence-electron chi connectivity index (χ1n) is 8.93. The van der Waals surface area contributed by atoms with Crippen molar-refractivity contribution in [3.05, 3.63) is 75.2 Å². The van der Waals surface area contributed by atoms with Crippen LogP contribution in [0.1, 0.15) is 31.9 Å². The third-order valence-electron chi connectivity index (χ3n) is 4.34. The van der Waals surface area contributed by atoms with Gasteiger partial charge in [0.2, 0.25) is 5.91 Å². The predicted octanol–water partition coefficient (Wildman–Crippen LogP) is 4.06. The van der Waals surface area contributed by atoms with Gasteiger partial charge in [-0.15, -0.1) is 0 Å². The molecule has 0 aliphatic rings. The molecule has 0 bridgehead atoms. The monoisotopic (exact) mass is 427 g/mol. The lowest BCUT2D eigenvalue weighted by Crippen LogP contribution is -2.35. The van der Waals surface area contributed by atoms with E-state index in [4.69, 9.17) is 0 Å². The zero-order valence-corrected chi connectivity index (χ0v) is 16.9. The summed E-state index contributed by atoms with van der Waals surface area (Å²) in [6.07, 6.45) is 2.26. The van der Waals surface area contributed by atoms with Crippen LogP contribution in [0.5, 0.6) is 0 Å². The maximum atomic E-state index is 12.7. The van der Waals surface area contributed by atoms with Gasteiger partial charge < -0.3 is 5.32 Å². The molecule has 3 rings (SSSR count). The summed E-state index contributed by atoms with van der Waals surface area (Å²) >= 11 is 3.37. The van der Waals surface area contributed by atoms with Crippen molar-refractivity contribution in [2.45, 2.75) is 32.9 Å². The summed E-state index contributed by atoms with van der Waals surface area (Å²) in [5.41, 5.74) is 1.45. The van der Waals surface area contributed by atoms with Gasteiger partial charge in [-0.05, 0) is 36.1 Å². The van der Waals surface area contributed by atoms with Crippen LogP contribution in [0.15, 0.2) is 64.1 Å². The van der Waals surface area contributed by atoms with Gasteiger partial charge in [0.15, 0.2) is 0 Å². The molecule has 5 nitrogen and oxygen atoms in total. The number of aromatic nitrogens is 2. The molecule has 0 saturated carbocycles. The number of hydrogen-bond donors (Lipinski definition) is 1. The van der Waals surface area contributed by atoms with Crippen LogP contribution < -0.4 is 10.9 Å². The lowest BCUT2D eigenvalue weighted by Gasteiger charge is -2.21. The van der Waals surface area contributed by atoms with Crippen molar-refractivity contribution >= 4 is 32.7 Å². The molecular weight excluding hydrogens is 406 g/mol. The van der Waals surface area contributed by atoms with E-state index in [2.05, 4.69) is 40.1 Å². The second-order valence-electron chi connectivity index (χ2n) is 7.00. The number of fused-ring (bicyclic) bond motifs is 1. The van der Waals surface area contributed by atoms with Crippen LogP contribution in [0, 0.1) is 5.92 Å². The summed E-state index contributed by atoms with van der Waals surface area (Å²) in [5.74, 6) is 0.223. The first kappa shape index (κ1) is 19.3. The van der Waals surface area contributed by atoms with E-state index >= 15 is 0 Å². The Bertz CT molecular complexity index is 999. The molecule has 0 spiro atoms. The van der Waals surface area contributed by atoms with Crippen molar-refractivity contribution in [2.75, 3.05) is 0 Å². The van der Waals surface area contributed by atoms with Crippen LogP contribution in [-0.2, 0) is 11.3 Å². The Labute approximate surface area is 166 Å². The van der Waals surface area contributed by atoms with Crippen molar-refractivity contribution in [3.63, 3.8) is 0 Å². The lowest BCUT2D eigenvalue weighted by molar-refractivity contribution is -0.122. The molecule has 27 heavy (non-hydrogen) atoms. The minimum atomic E-state index is -0.225. The fourth-order valence-corrected chi connectivity index (χ4v) is 3.43. The molecular formula is C21H22BrN3O2. The van der Waals surface area contributed by atoms with Crippen molar-refractivity contribution in [2.24, 2.45) is 5.92 Å². The molecule has 1 N–H and O–H groups in total. The summed E-state index contributed by atoms with van der Waals surface area (Å²) in [7, 11) is 0. The normalized spacial score (nSPS) is 12.3. The van der Waals surface area contributed by atoms with Crippen molar-refractivity contribution in [1.82, 2.24) is 14.9 Å². The average Bonchev–Trinajstić information content (AvgIpc) is 2.64. The molecule has 1 heterocycles. The number of benzene rings is 2. The van der Waals surface area contributed by atoms with E-state index < -0.39 is 0 Å². The first-order chi connectivity index (χ1) is 12.9.